The van der Waals surface area contributed by atoms with Gasteiger partial charge < -0.3 is 4.74 Å². The SMILES string of the molecule is CCCCCCc1ccc(-c2ccc(OCCCCC(C)CC)cc2)nc1. The number of unbranched alkanes of at least 4 members (excludes halogenated alkanes) is 4. The molecule has 1 aromatic carbocycles. The van der Waals surface area contributed by atoms with Crippen LogP contribution in [0.1, 0.15) is 77.7 Å². The lowest BCUT2D eigenvalue weighted by Gasteiger charge is -2.09. The Bertz CT molecular complexity index is 618. The molecule has 0 amide bonds. The van der Waals surface area contributed by atoms with Gasteiger partial charge in [0.25, 0.3) is 0 Å². The molecule has 0 saturated carbocycles. The van der Waals surface area contributed by atoms with Crippen molar-refractivity contribution in [3.05, 3.63) is 48.2 Å². The summed E-state index contributed by atoms with van der Waals surface area (Å²) in [5.41, 5.74) is 3.52. The van der Waals surface area contributed by atoms with Gasteiger partial charge in [-0.25, -0.2) is 0 Å². The van der Waals surface area contributed by atoms with Crippen LogP contribution in [-0.4, -0.2) is 11.6 Å². The van der Waals surface area contributed by atoms with Gasteiger partial charge in [-0.3, -0.25) is 4.98 Å². The van der Waals surface area contributed by atoms with E-state index < -0.39 is 0 Å². The summed E-state index contributed by atoms with van der Waals surface area (Å²) < 4.78 is 5.88. The molecule has 1 unspecified atom stereocenters. The fraction of sp³-hybridized carbons (Fsp3) is 0.560. The van der Waals surface area contributed by atoms with Crippen molar-refractivity contribution in [2.24, 2.45) is 5.92 Å². The van der Waals surface area contributed by atoms with E-state index >= 15 is 0 Å². The Morgan fingerprint density at radius 2 is 1.70 bits per heavy atom. The van der Waals surface area contributed by atoms with Crippen LogP contribution in [0.3, 0.4) is 0 Å². The van der Waals surface area contributed by atoms with Gasteiger partial charge in [-0.2, -0.15) is 0 Å². The van der Waals surface area contributed by atoms with E-state index in [0.717, 1.165) is 42.4 Å². The van der Waals surface area contributed by atoms with Crippen molar-refractivity contribution < 1.29 is 4.74 Å². The molecule has 0 radical (unpaired) electrons. The van der Waals surface area contributed by atoms with Gasteiger partial charge in [0.05, 0.1) is 12.3 Å². The maximum Gasteiger partial charge on any atom is 0.119 e. The Kier molecular flexibility index (Phi) is 9.97. The zero-order chi connectivity index (χ0) is 19.3. The highest BCUT2D eigenvalue weighted by Gasteiger charge is 2.02. The van der Waals surface area contributed by atoms with Crippen LogP contribution in [-0.2, 0) is 6.42 Å². The maximum atomic E-state index is 5.88. The van der Waals surface area contributed by atoms with Crippen LogP contribution in [0.5, 0.6) is 5.75 Å². The summed E-state index contributed by atoms with van der Waals surface area (Å²) in [7, 11) is 0. The molecule has 2 aromatic rings. The molecule has 1 atom stereocenters. The molecule has 0 aliphatic rings. The van der Waals surface area contributed by atoms with E-state index in [-0.39, 0.29) is 0 Å². The molecule has 148 valence electrons. The minimum atomic E-state index is 0.806. The predicted octanol–water partition coefficient (Wildman–Crippen LogP) is 7.47. The number of ether oxygens (including phenoxy) is 1. The first kappa shape index (κ1) is 21.5. The zero-order valence-corrected chi connectivity index (χ0v) is 17.5. The molecular formula is C25H37NO. The number of hydrogen-bond donors (Lipinski definition) is 0. The van der Waals surface area contributed by atoms with Crippen LogP contribution < -0.4 is 4.74 Å². The van der Waals surface area contributed by atoms with Gasteiger partial charge >= 0.3 is 0 Å². The van der Waals surface area contributed by atoms with Gasteiger partial charge in [0.1, 0.15) is 5.75 Å². The highest BCUT2D eigenvalue weighted by atomic mass is 16.5. The number of aryl methyl sites for hydroxylation is 1. The number of rotatable bonds is 13. The van der Waals surface area contributed by atoms with Crippen molar-refractivity contribution >= 4 is 0 Å². The summed E-state index contributed by atoms with van der Waals surface area (Å²) in [6, 6.07) is 12.7. The van der Waals surface area contributed by atoms with Crippen molar-refractivity contribution in [2.75, 3.05) is 6.61 Å². The standard InChI is InChI=1S/C25H37NO/c1-4-6-7-8-12-22-13-18-25(26-20-22)23-14-16-24(17-15-23)27-19-10-9-11-21(3)5-2/h13-18,20-21H,4-12,19H2,1-3H3. The largest absolute Gasteiger partial charge is 0.494 e. The molecule has 2 heteroatoms. The summed E-state index contributed by atoms with van der Waals surface area (Å²) in [4.78, 5) is 4.65. The first-order valence-electron chi connectivity index (χ1n) is 10.9. The lowest BCUT2D eigenvalue weighted by Crippen LogP contribution is -1.99. The van der Waals surface area contributed by atoms with Crippen LogP contribution in [0.4, 0.5) is 0 Å². The van der Waals surface area contributed by atoms with Crippen LogP contribution in [0.15, 0.2) is 42.6 Å². The molecule has 2 nitrogen and oxygen atoms in total. The van der Waals surface area contributed by atoms with Crippen LogP contribution >= 0.6 is 0 Å². The van der Waals surface area contributed by atoms with Gasteiger partial charge in [0, 0.05) is 11.8 Å². The van der Waals surface area contributed by atoms with Crippen molar-refractivity contribution in [1.82, 2.24) is 4.98 Å². The Morgan fingerprint density at radius 3 is 2.37 bits per heavy atom. The Hall–Kier alpha value is -1.83. The summed E-state index contributed by atoms with van der Waals surface area (Å²) in [5, 5.41) is 0. The van der Waals surface area contributed by atoms with Crippen LogP contribution in [0.25, 0.3) is 11.3 Å². The number of pyridine rings is 1. The van der Waals surface area contributed by atoms with Gasteiger partial charge in [0.15, 0.2) is 0 Å². The van der Waals surface area contributed by atoms with Gasteiger partial charge in [0.2, 0.25) is 0 Å². The molecule has 0 spiro atoms. The average Bonchev–Trinajstić information content (AvgIpc) is 2.72. The molecule has 0 aliphatic heterocycles. The zero-order valence-electron chi connectivity index (χ0n) is 17.5. The maximum absolute atomic E-state index is 5.88. The number of hydrogen-bond acceptors (Lipinski definition) is 2. The summed E-state index contributed by atoms with van der Waals surface area (Å²) in [5.74, 6) is 1.79. The van der Waals surface area contributed by atoms with Gasteiger partial charge in [-0.05, 0) is 67.5 Å². The molecule has 0 bridgehead atoms. The fourth-order valence-corrected chi connectivity index (χ4v) is 3.21. The third-order valence-electron chi connectivity index (χ3n) is 5.35. The first-order chi connectivity index (χ1) is 13.2. The Balaban J connectivity index is 1.75. The van der Waals surface area contributed by atoms with E-state index in [1.165, 1.54) is 50.5 Å². The molecule has 27 heavy (non-hydrogen) atoms. The third-order valence-corrected chi connectivity index (χ3v) is 5.35. The molecule has 1 aromatic heterocycles. The van der Waals surface area contributed by atoms with Gasteiger partial charge in [-0.1, -0.05) is 58.9 Å². The van der Waals surface area contributed by atoms with E-state index in [2.05, 4.69) is 62.2 Å². The summed E-state index contributed by atoms with van der Waals surface area (Å²) >= 11 is 0. The monoisotopic (exact) mass is 367 g/mol. The lowest BCUT2D eigenvalue weighted by atomic mass is 10.0. The molecular weight excluding hydrogens is 330 g/mol. The summed E-state index contributed by atoms with van der Waals surface area (Å²) in [6.07, 6.45) is 13.3. The van der Waals surface area contributed by atoms with Crippen LogP contribution in [0, 0.1) is 5.92 Å². The molecule has 1 heterocycles. The fourth-order valence-electron chi connectivity index (χ4n) is 3.21. The lowest BCUT2D eigenvalue weighted by molar-refractivity contribution is 0.300. The minimum absolute atomic E-state index is 0.806. The van der Waals surface area contributed by atoms with Crippen molar-refractivity contribution in [3.63, 3.8) is 0 Å². The summed E-state index contributed by atoms with van der Waals surface area (Å²) in [6.45, 7) is 7.65. The highest BCUT2D eigenvalue weighted by molar-refractivity contribution is 5.60. The normalized spacial score (nSPS) is 12.1. The Labute approximate surface area is 166 Å². The average molecular weight is 368 g/mol. The van der Waals surface area contributed by atoms with E-state index in [1.54, 1.807) is 0 Å². The second-order valence-corrected chi connectivity index (χ2v) is 7.74. The minimum Gasteiger partial charge on any atom is -0.494 e. The smallest absolute Gasteiger partial charge is 0.119 e. The van der Waals surface area contributed by atoms with E-state index in [0.29, 0.717) is 0 Å². The quantitative estimate of drug-likeness (QED) is 0.343. The predicted molar refractivity (Wildman–Crippen MR) is 116 cm³/mol. The molecule has 0 saturated heterocycles. The number of aromatic nitrogens is 1. The third kappa shape index (κ3) is 8.15. The van der Waals surface area contributed by atoms with Crippen molar-refractivity contribution in [3.8, 4) is 17.0 Å². The van der Waals surface area contributed by atoms with Gasteiger partial charge in [-0.15, -0.1) is 0 Å². The van der Waals surface area contributed by atoms with E-state index in [1.807, 2.05) is 6.20 Å². The first-order valence-corrected chi connectivity index (χ1v) is 10.9. The number of benzene rings is 1. The van der Waals surface area contributed by atoms with Crippen molar-refractivity contribution in [2.45, 2.75) is 78.6 Å². The molecule has 0 N–H and O–H groups in total. The van der Waals surface area contributed by atoms with E-state index in [9.17, 15) is 0 Å². The Morgan fingerprint density at radius 1 is 0.889 bits per heavy atom. The van der Waals surface area contributed by atoms with E-state index in [4.69, 9.17) is 4.74 Å². The molecule has 0 aliphatic carbocycles. The topological polar surface area (TPSA) is 22.1 Å². The molecule has 2 rings (SSSR count). The van der Waals surface area contributed by atoms with Crippen LogP contribution in [0.2, 0.25) is 0 Å². The molecule has 0 fully saturated rings. The second kappa shape index (κ2) is 12.5. The second-order valence-electron chi connectivity index (χ2n) is 7.74. The number of nitrogens with zero attached hydrogens (tertiary/aromatic N) is 1. The van der Waals surface area contributed by atoms with Crippen molar-refractivity contribution in [1.29, 1.82) is 0 Å². The highest BCUT2D eigenvalue weighted by Crippen LogP contribution is 2.22.